The van der Waals surface area contributed by atoms with Crippen molar-refractivity contribution in [3.8, 4) is 0 Å². The van der Waals surface area contributed by atoms with E-state index in [1.807, 2.05) is 0 Å². The minimum atomic E-state index is -1.51. The van der Waals surface area contributed by atoms with Gasteiger partial charge in [-0.2, -0.15) is 0 Å². The molecule has 0 spiro atoms. The molecule has 0 heterocycles. The Morgan fingerprint density at radius 3 is 2.58 bits per heavy atom. The number of carbonyl (C=O) groups excluding carboxylic acids is 1. The molecule has 0 radical (unpaired) electrons. The predicted molar refractivity (Wildman–Crippen MR) is 68.3 cm³/mol. The van der Waals surface area contributed by atoms with Crippen LogP contribution in [0.3, 0.4) is 0 Å². The topological polar surface area (TPSA) is 69.6 Å². The molecule has 0 aliphatic carbocycles. The van der Waals surface area contributed by atoms with Crippen LogP contribution in [0, 0.1) is 11.6 Å². The van der Waals surface area contributed by atoms with E-state index in [0.29, 0.717) is 6.07 Å². The van der Waals surface area contributed by atoms with Crippen molar-refractivity contribution >= 4 is 21.8 Å². The molecule has 0 aromatic heterocycles. The van der Waals surface area contributed by atoms with Crippen molar-refractivity contribution < 1.29 is 23.8 Å². The fraction of sp³-hybridized carbons (Fsp3) is 0.417. The summed E-state index contributed by atoms with van der Waals surface area (Å²) in [4.78, 5) is 10.6. The maximum absolute atomic E-state index is 13.6. The maximum atomic E-state index is 13.6. The van der Waals surface area contributed by atoms with Gasteiger partial charge in [0.2, 0.25) is 5.91 Å². The van der Waals surface area contributed by atoms with Crippen LogP contribution in [0.15, 0.2) is 16.6 Å². The number of hydrogen-bond donors (Lipinski definition) is 3. The monoisotopic (exact) mass is 337 g/mol. The van der Waals surface area contributed by atoms with Gasteiger partial charge in [-0.05, 0) is 12.5 Å². The lowest BCUT2D eigenvalue weighted by atomic mass is 10.0. The Balaban J connectivity index is 2.76. The Kier molecular flexibility index (Phi) is 5.84. The third kappa shape index (κ3) is 4.52. The minimum absolute atomic E-state index is 0.0380. The lowest BCUT2D eigenvalue weighted by molar-refractivity contribution is -0.119. The number of halogens is 3. The molecule has 2 atom stereocenters. The van der Waals surface area contributed by atoms with E-state index >= 15 is 0 Å². The Morgan fingerprint density at radius 1 is 1.42 bits per heavy atom. The molecule has 1 amide bonds. The smallest absolute Gasteiger partial charge is 0.216 e. The summed E-state index contributed by atoms with van der Waals surface area (Å²) in [6, 6.07) is 1.63. The van der Waals surface area contributed by atoms with Crippen molar-refractivity contribution in [1.29, 1.82) is 0 Å². The number of nitrogens with one attached hydrogen (secondary N) is 1. The Morgan fingerprint density at radius 2 is 2.05 bits per heavy atom. The molecule has 0 fully saturated rings. The van der Waals surface area contributed by atoms with Crippen LogP contribution < -0.4 is 5.32 Å². The van der Waals surface area contributed by atoms with E-state index in [-0.39, 0.29) is 28.9 Å². The van der Waals surface area contributed by atoms with Crippen molar-refractivity contribution in [2.24, 2.45) is 0 Å². The molecule has 0 bridgehead atoms. The molecule has 0 aliphatic heterocycles. The second-order valence-electron chi connectivity index (χ2n) is 4.07. The van der Waals surface area contributed by atoms with Crippen molar-refractivity contribution in [2.45, 2.75) is 25.6 Å². The van der Waals surface area contributed by atoms with Gasteiger partial charge in [-0.1, -0.05) is 15.9 Å². The van der Waals surface area contributed by atoms with Crippen LogP contribution in [0.4, 0.5) is 8.78 Å². The first-order valence-corrected chi connectivity index (χ1v) is 6.37. The predicted octanol–water partition coefficient (Wildman–Crippen LogP) is 1.65. The highest BCUT2D eigenvalue weighted by Gasteiger charge is 2.24. The number of amides is 1. The van der Waals surface area contributed by atoms with E-state index < -0.39 is 23.8 Å². The van der Waals surface area contributed by atoms with Crippen LogP contribution >= 0.6 is 15.9 Å². The van der Waals surface area contributed by atoms with E-state index in [1.165, 1.54) is 6.92 Å². The number of aliphatic hydroxyl groups excluding tert-OH is 2. The highest BCUT2D eigenvalue weighted by molar-refractivity contribution is 9.10. The van der Waals surface area contributed by atoms with Gasteiger partial charge < -0.3 is 15.5 Å². The van der Waals surface area contributed by atoms with Gasteiger partial charge in [0.05, 0.1) is 6.10 Å². The molecule has 1 aromatic rings. The lowest BCUT2D eigenvalue weighted by Crippen LogP contribution is -2.28. The van der Waals surface area contributed by atoms with E-state index in [2.05, 4.69) is 21.2 Å². The Labute approximate surface area is 117 Å². The molecule has 0 saturated heterocycles. The minimum Gasteiger partial charge on any atom is -0.390 e. The average Bonchev–Trinajstić information content (AvgIpc) is 2.26. The summed E-state index contributed by atoms with van der Waals surface area (Å²) < 4.78 is 26.5. The molecule has 0 aliphatic rings. The summed E-state index contributed by atoms with van der Waals surface area (Å²) in [6.45, 7) is 1.47. The van der Waals surface area contributed by atoms with Gasteiger partial charge in [0.15, 0.2) is 0 Å². The number of carbonyl (C=O) groups is 1. The third-order valence-electron chi connectivity index (χ3n) is 2.52. The zero-order valence-corrected chi connectivity index (χ0v) is 11.7. The van der Waals surface area contributed by atoms with Gasteiger partial charge in [-0.15, -0.1) is 0 Å². The zero-order valence-electron chi connectivity index (χ0n) is 10.2. The lowest BCUT2D eigenvalue weighted by Gasteiger charge is -2.20. The fourth-order valence-corrected chi connectivity index (χ4v) is 2.22. The first-order valence-electron chi connectivity index (χ1n) is 5.58. The van der Waals surface area contributed by atoms with Crippen molar-refractivity contribution in [2.75, 3.05) is 6.54 Å². The molecule has 3 N–H and O–H groups in total. The molecule has 7 heteroatoms. The van der Waals surface area contributed by atoms with Crippen LogP contribution in [0.1, 0.15) is 25.0 Å². The third-order valence-corrected chi connectivity index (χ3v) is 3.17. The molecule has 2 unspecified atom stereocenters. The second kappa shape index (κ2) is 6.93. The molecule has 4 nitrogen and oxygen atoms in total. The van der Waals surface area contributed by atoms with Gasteiger partial charge in [0, 0.05) is 29.6 Å². The number of hydrogen-bond acceptors (Lipinski definition) is 3. The van der Waals surface area contributed by atoms with Gasteiger partial charge in [0.1, 0.15) is 17.7 Å². The number of aliphatic hydroxyl groups is 2. The van der Waals surface area contributed by atoms with Gasteiger partial charge in [-0.3, -0.25) is 4.79 Å². The largest absolute Gasteiger partial charge is 0.390 e. The van der Waals surface area contributed by atoms with E-state index in [0.717, 1.165) is 6.07 Å². The first-order chi connectivity index (χ1) is 8.82. The highest BCUT2D eigenvalue weighted by Crippen LogP contribution is 2.30. The first kappa shape index (κ1) is 16.0. The zero-order chi connectivity index (χ0) is 14.6. The summed E-state index contributed by atoms with van der Waals surface area (Å²) in [5, 5.41) is 22.0. The van der Waals surface area contributed by atoms with Gasteiger partial charge >= 0.3 is 0 Å². The summed E-state index contributed by atoms with van der Waals surface area (Å²) in [5.74, 6) is -2.00. The molecule has 19 heavy (non-hydrogen) atoms. The second-order valence-corrected chi connectivity index (χ2v) is 4.92. The molecular weight excluding hydrogens is 324 g/mol. The number of benzene rings is 1. The van der Waals surface area contributed by atoms with Crippen LogP contribution in [-0.2, 0) is 4.79 Å². The summed E-state index contributed by atoms with van der Waals surface area (Å²) >= 11 is 2.94. The quantitative estimate of drug-likeness (QED) is 0.765. The van der Waals surface area contributed by atoms with E-state index in [9.17, 15) is 23.8 Å². The molecule has 1 rings (SSSR count). The van der Waals surface area contributed by atoms with Gasteiger partial charge in [0.25, 0.3) is 0 Å². The van der Waals surface area contributed by atoms with Gasteiger partial charge in [-0.25, -0.2) is 8.78 Å². The maximum Gasteiger partial charge on any atom is 0.216 e. The van der Waals surface area contributed by atoms with E-state index in [4.69, 9.17) is 0 Å². The SMILES string of the molecule is CC(=O)NCCC(O)C(O)c1c(F)cc(F)cc1Br. The van der Waals surface area contributed by atoms with Crippen LogP contribution in [0.2, 0.25) is 0 Å². The Hall–Kier alpha value is -1.05. The normalized spacial score (nSPS) is 14.0. The van der Waals surface area contributed by atoms with E-state index in [1.54, 1.807) is 0 Å². The molecule has 1 aromatic carbocycles. The molecule has 106 valence electrons. The fourth-order valence-electron chi connectivity index (χ4n) is 1.58. The average molecular weight is 338 g/mol. The number of rotatable bonds is 5. The van der Waals surface area contributed by atoms with Crippen molar-refractivity contribution in [3.05, 3.63) is 33.8 Å². The highest BCUT2D eigenvalue weighted by atomic mass is 79.9. The summed E-state index contributed by atoms with van der Waals surface area (Å²) in [6.07, 6.45) is -2.74. The van der Waals surface area contributed by atoms with Crippen molar-refractivity contribution in [3.63, 3.8) is 0 Å². The standard InChI is InChI=1S/C12H14BrF2NO3/c1-6(17)16-3-2-10(18)12(19)11-8(13)4-7(14)5-9(11)15/h4-5,10,12,18-19H,2-3H2,1H3,(H,16,17). The summed E-state index contributed by atoms with van der Waals surface area (Å²) in [7, 11) is 0. The Bertz CT molecular complexity index is 447. The van der Waals surface area contributed by atoms with Crippen LogP contribution in [0.5, 0.6) is 0 Å². The van der Waals surface area contributed by atoms with Crippen LogP contribution in [-0.4, -0.2) is 28.8 Å². The van der Waals surface area contributed by atoms with Crippen molar-refractivity contribution in [1.82, 2.24) is 5.32 Å². The van der Waals surface area contributed by atoms with Crippen LogP contribution in [0.25, 0.3) is 0 Å². The molecular formula is C12H14BrF2NO3. The molecule has 0 saturated carbocycles. The summed E-state index contributed by atoms with van der Waals surface area (Å²) in [5.41, 5.74) is -0.211.